The minimum Gasteiger partial charge on any atom is -0.483 e. The molecule has 2 nitrogen and oxygen atoms in total. The van der Waals surface area contributed by atoms with Crippen LogP contribution in [0.4, 0.5) is 0 Å². The zero-order chi connectivity index (χ0) is 10.3. The molecular formula is C11H16O2Ti. The van der Waals surface area contributed by atoms with Gasteiger partial charge in [-0.3, -0.25) is 17.8 Å². The Balaban J connectivity index is 0. The first kappa shape index (κ1) is 16.0. The SMILES string of the molecule is [C-]1=CC=CC1.[CH2-]C(=O)OC(C)(C)C.[Ti+2]. The Morgan fingerprint density at radius 3 is 2.14 bits per heavy atom. The molecule has 0 saturated carbocycles. The largest absolute Gasteiger partial charge is 2.00 e. The van der Waals surface area contributed by atoms with Crippen LogP contribution in [0.25, 0.3) is 0 Å². The Hall–Kier alpha value is -0.466. The maximum Gasteiger partial charge on any atom is 2.00 e. The third-order valence-corrected chi connectivity index (χ3v) is 1.01. The molecule has 3 heteroatoms. The standard InChI is InChI=1S/C6H11O2.C5H5.Ti/c1-5(7)8-6(2,3)4;1-2-4-5-3-1;/h1H2,2-4H3;1-3H,4H2;/q2*-1;+2. The van der Waals surface area contributed by atoms with Gasteiger partial charge in [-0.15, -0.1) is 6.42 Å². The van der Waals surface area contributed by atoms with Crippen molar-refractivity contribution >= 4 is 5.97 Å². The molecule has 0 aromatic heterocycles. The summed E-state index contributed by atoms with van der Waals surface area (Å²) in [5.74, 6) is -0.475. The van der Waals surface area contributed by atoms with Crippen molar-refractivity contribution in [1.29, 1.82) is 0 Å². The van der Waals surface area contributed by atoms with Gasteiger partial charge in [0.1, 0.15) is 5.60 Å². The average molecular weight is 228 g/mol. The zero-order valence-corrected chi connectivity index (χ0v) is 10.5. The fraction of sp³-hybridized carbons (Fsp3) is 0.455. The summed E-state index contributed by atoms with van der Waals surface area (Å²) in [5, 5.41) is 0. The molecule has 0 N–H and O–H groups in total. The van der Waals surface area contributed by atoms with Gasteiger partial charge in [0.05, 0.1) is 0 Å². The quantitative estimate of drug-likeness (QED) is 0.361. The second-order valence-electron chi connectivity index (χ2n) is 3.59. The van der Waals surface area contributed by atoms with E-state index in [0.29, 0.717) is 0 Å². The van der Waals surface area contributed by atoms with Gasteiger partial charge in [0, 0.05) is 0 Å². The van der Waals surface area contributed by atoms with Gasteiger partial charge in [-0.05, 0) is 20.8 Å². The van der Waals surface area contributed by atoms with Crippen LogP contribution < -0.4 is 0 Å². The van der Waals surface area contributed by atoms with Crippen LogP contribution in [0.15, 0.2) is 18.2 Å². The number of hydrogen-bond donors (Lipinski definition) is 0. The predicted molar refractivity (Wildman–Crippen MR) is 52.8 cm³/mol. The number of carbonyl (C=O) groups is 1. The maximum atomic E-state index is 10.1. The molecule has 0 fully saturated rings. The summed E-state index contributed by atoms with van der Waals surface area (Å²) in [5.41, 5.74) is -0.390. The van der Waals surface area contributed by atoms with E-state index in [2.05, 4.69) is 23.8 Å². The van der Waals surface area contributed by atoms with Gasteiger partial charge in [-0.1, -0.05) is 0 Å². The van der Waals surface area contributed by atoms with E-state index in [1.807, 2.05) is 12.2 Å². The molecule has 0 unspecified atom stereocenters. The second-order valence-corrected chi connectivity index (χ2v) is 3.59. The van der Waals surface area contributed by atoms with Gasteiger partial charge in [0.2, 0.25) is 0 Å². The van der Waals surface area contributed by atoms with Crippen molar-refractivity contribution in [2.24, 2.45) is 0 Å². The van der Waals surface area contributed by atoms with E-state index in [9.17, 15) is 4.79 Å². The molecule has 1 rings (SSSR count). The molecular weight excluding hydrogens is 212 g/mol. The van der Waals surface area contributed by atoms with Crippen LogP contribution in [-0.2, 0) is 31.2 Å². The minimum atomic E-state index is -0.475. The van der Waals surface area contributed by atoms with Crippen molar-refractivity contribution < 1.29 is 31.2 Å². The first-order valence-corrected chi connectivity index (χ1v) is 4.18. The first-order chi connectivity index (χ1) is 5.92. The van der Waals surface area contributed by atoms with E-state index < -0.39 is 11.6 Å². The summed E-state index contributed by atoms with van der Waals surface area (Å²) in [6.07, 6.45) is 10.0. The Morgan fingerprint density at radius 1 is 1.50 bits per heavy atom. The minimum absolute atomic E-state index is 0. The third-order valence-electron chi connectivity index (χ3n) is 1.01. The molecule has 0 bridgehead atoms. The summed E-state index contributed by atoms with van der Waals surface area (Å²) < 4.78 is 4.69. The van der Waals surface area contributed by atoms with Gasteiger partial charge in [-0.2, -0.15) is 6.08 Å². The van der Waals surface area contributed by atoms with Crippen LogP contribution in [0.1, 0.15) is 27.2 Å². The summed E-state index contributed by atoms with van der Waals surface area (Å²) in [6, 6.07) is 0. The number of hydrogen-bond acceptors (Lipinski definition) is 2. The summed E-state index contributed by atoms with van der Waals surface area (Å²) in [7, 11) is 0. The molecule has 1 aliphatic carbocycles. The van der Waals surface area contributed by atoms with Gasteiger partial charge in [0.25, 0.3) is 0 Å². The zero-order valence-electron chi connectivity index (χ0n) is 8.96. The second kappa shape index (κ2) is 7.89. The molecule has 1 aliphatic rings. The molecule has 0 aromatic rings. The number of ether oxygens (including phenoxy) is 1. The van der Waals surface area contributed by atoms with E-state index in [4.69, 9.17) is 0 Å². The molecule has 0 radical (unpaired) electrons. The maximum absolute atomic E-state index is 10.1. The van der Waals surface area contributed by atoms with E-state index >= 15 is 0 Å². The molecule has 0 aliphatic heterocycles. The monoisotopic (exact) mass is 228 g/mol. The fourth-order valence-corrected chi connectivity index (χ4v) is 0.682. The Kier molecular flexibility index (Phi) is 9.01. The van der Waals surface area contributed by atoms with Gasteiger partial charge in [-0.25, -0.2) is 12.2 Å². The van der Waals surface area contributed by atoms with Crippen LogP contribution in [-0.4, -0.2) is 11.6 Å². The normalized spacial score (nSPS) is 12.5. The van der Waals surface area contributed by atoms with Crippen molar-refractivity contribution in [3.05, 3.63) is 31.2 Å². The fourth-order valence-electron chi connectivity index (χ4n) is 0.682. The molecule has 0 amide bonds. The van der Waals surface area contributed by atoms with Crippen molar-refractivity contribution in [3.8, 4) is 0 Å². The van der Waals surface area contributed by atoms with E-state index in [0.717, 1.165) is 6.42 Å². The van der Waals surface area contributed by atoms with Crippen molar-refractivity contribution in [3.63, 3.8) is 0 Å². The summed E-state index contributed by atoms with van der Waals surface area (Å²) >= 11 is 0. The van der Waals surface area contributed by atoms with Crippen LogP contribution in [0.3, 0.4) is 0 Å². The smallest absolute Gasteiger partial charge is 0.483 e. The topological polar surface area (TPSA) is 26.3 Å². The molecule has 14 heavy (non-hydrogen) atoms. The van der Waals surface area contributed by atoms with Crippen LogP contribution in [0.2, 0.25) is 0 Å². The van der Waals surface area contributed by atoms with Gasteiger partial charge >= 0.3 is 21.7 Å². The summed E-state index contributed by atoms with van der Waals surface area (Å²) in [4.78, 5) is 10.1. The van der Waals surface area contributed by atoms with E-state index in [1.165, 1.54) is 0 Å². The van der Waals surface area contributed by atoms with Crippen LogP contribution >= 0.6 is 0 Å². The third kappa shape index (κ3) is 14.1. The van der Waals surface area contributed by atoms with Crippen molar-refractivity contribution in [2.45, 2.75) is 32.8 Å². The number of allylic oxidation sites excluding steroid dienone is 4. The molecule has 0 saturated heterocycles. The molecule has 0 atom stereocenters. The molecule has 0 heterocycles. The average Bonchev–Trinajstić information content (AvgIpc) is 2.33. The predicted octanol–water partition coefficient (Wildman–Crippen LogP) is 2.47. The van der Waals surface area contributed by atoms with Crippen molar-refractivity contribution in [2.75, 3.05) is 0 Å². The Labute approximate surface area is 101 Å². The van der Waals surface area contributed by atoms with E-state index in [1.54, 1.807) is 20.8 Å². The number of esters is 1. The first-order valence-electron chi connectivity index (χ1n) is 4.18. The molecule has 0 spiro atoms. The van der Waals surface area contributed by atoms with E-state index in [-0.39, 0.29) is 21.7 Å². The Morgan fingerprint density at radius 2 is 2.07 bits per heavy atom. The van der Waals surface area contributed by atoms with Crippen LogP contribution in [0, 0.1) is 13.0 Å². The number of rotatable bonds is 0. The molecule has 76 valence electrons. The van der Waals surface area contributed by atoms with Crippen molar-refractivity contribution in [1.82, 2.24) is 0 Å². The van der Waals surface area contributed by atoms with Gasteiger partial charge < -0.3 is 4.74 Å². The molecule has 0 aromatic carbocycles. The Bertz CT molecular complexity index is 202. The summed E-state index contributed by atoms with van der Waals surface area (Å²) in [6.45, 7) is 8.47. The van der Waals surface area contributed by atoms with Gasteiger partial charge in [0.15, 0.2) is 5.97 Å². The van der Waals surface area contributed by atoms with Crippen LogP contribution in [0.5, 0.6) is 0 Å². The number of carbonyl (C=O) groups excluding carboxylic acids is 1.